The third-order valence-corrected chi connectivity index (χ3v) is 3.69. The average molecular weight is 264 g/mol. The molecule has 0 aliphatic heterocycles. The summed E-state index contributed by atoms with van der Waals surface area (Å²) in [5.41, 5.74) is 7.57. The number of likely N-dealkylation sites (N-methyl/N-ethyl adjacent to an activating group) is 1. The molecule has 19 heavy (non-hydrogen) atoms. The summed E-state index contributed by atoms with van der Waals surface area (Å²) in [6.45, 7) is 5.33. The van der Waals surface area contributed by atoms with Crippen LogP contribution in [-0.2, 0) is 6.54 Å². The minimum absolute atomic E-state index is 0.262. The van der Waals surface area contributed by atoms with Gasteiger partial charge in [0.25, 0.3) is 0 Å². The van der Waals surface area contributed by atoms with Crippen molar-refractivity contribution in [3.05, 3.63) is 29.8 Å². The second kappa shape index (κ2) is 8.18. The van der Waals surface area contributed by atoms with E-state index in [1.807, 2.05) is 12.1 Å². The number of hydrogen-bond acceptors (Lipinski definition) is 3. The molecular formula is C16H28N2O. The van der Waals surface area contributed by atoms with Crippen molar-refractivity contribution in [2.75, 3.05) is 14.2 Å². The van der Waals surface area contributed by atoms with Crippen LogP contribution in [0.4, 0.5) is 0 Å². The van der Waals surface area contributed by atoms with Gasteiger partial charge in [-0.05, 0) is 37.6 Å². The van der Waals surface area contributed by atoms with E-state index in [-0.39, 0.29) is 6.04 Å². The molecule has 1 rings (SSSR count). The van der Waals surface area contributed by atoms with Gasteiger partial charge in [-0.15, -0.1) is 0 Å². The Morgan fingerprint density at radius 1 is 1.21 bits per heavy atom. The minimum atomic E-state index is 0.262. The second-order valence-electron chi connectivity index (χ2n) is 5.19. The topological polar surface area (TPSA) is 38.5 Å². The van der Waals surface area contributed by atoms with Crippen LogP contribution < -0.4 is 10.5 Å². The number of nitrogens with zero attached hydrogens (tertiary/aromatic N) is 1. The molecule has 0 aliphatic carbocycles. The van der Waals surface area contributed by atoms with Crippen LogP contribution in [-0.4, -0.2) is 31.1 Å². The zero-order valence-electron chi connectivity index (χ0n) is 12.7. The zero-order valence-corrected chi connectivity index (χ0v) is 12.7. The van der Waals surface area contributed by atoms with Gasteiger partial charge in [0.2, 0.25) is 0 Å². The quantitative estimate of drug-likeness (QED) is 0.784. The average Bonchev–Trinajstić information content (AvgIpc) is 2.40. The van der Waals surface area contributed by atoms with E-state index >= 15 is 0 Å². The first-order valence-corrected chi connectivity index (χ1v) is 7.21. The molecule has 2 unspecified atom stereocenters. The minimum Gasteiger partial charge on any atom is -0.497 e. The summed E-state index contributed by atoms with van der Waals surface area (Å²) in [7, 11) is 3.85. The van der Waals surface area contributed by atoms with Crippen LogP contribution in [0.1, 0.15) is 38.7 Å². The standard InChI is InChI=1S/C16H28N2O/c1-5-7-15(17)16(6-2)18(3)12-13-8-10-14(19-4)11-9-13/h8-11,15-16H,5-7,12,17H2,1-4H3. The highest BCUT2D eigenvalue weighted by molar-refractivity contribution is 5.27. The van der Waals surface area contributed by atoms with Gasteiger partial charge in [0.15, 0.2) is 0 Å². The lowest BCUT2D eigenvalue weighted by Crippen LogP contribution is -2.45. The molecule has 3 nitrogen and oxygen atoms in total. The van der Waals surface area contributed by atoms with Crippen LogP contribution in [0, 0.1) is 0 Å². The van der Waals surface area contributed by atoms with Gasteiger partial charge in [-0.2, -0.15) is 0 Å². The van der Waals surface area contributed by atoms with Crippen LogP contribution in [0.25, 0.3) is 0 Å². The van der Waals surface area contributed by atoms with Gasteiger partial charge in [-0.1, -0.05) is 32.4 Å². The van der Waals surface area contributed by atoms with E-state index in [0.717, 1.165) is 31.6 Å². The van der Waals surface area contributed by atoms with Gasteiger partial charge < -0.3 is 10.5 Å². The van der Waals surface area contributed by atoms with Gasteiger partial charge in [-0.3, -0.25) is 4.90 Å². The first-order chi connectivity index (χ1) is 9.12. The summed E-state index contributed by atoms with van der Waals surface area (Å²) in [5.74, 6) is 0.904. The van der Waals surface area contributed by atoms with E-state index in [9.17, 15) is 0 Å². The van der Waals surface area contributed by atoms with Crippen molar-refractivity contribution in [3.63, 3.8) is 0 Å². The maximum absolute atomic E-state index is 6.28. The van der Waals surface area contributed by atoms with Crippen molar-refractivity contribution in [2.45, 2.75) is 51.7 Å². The smallest absolute Gasteiger partial charge is 0.118 e. The van der Waals surface area contributed by atoms with E-state index in [4.69, 9.17) is 10.5 Å². The summed E-state index contributed by atoms with van der Waals surface area (Å²) < 4.78 is 5.18. The molecule has 0 heterocycles. The summed E-state index contributed by atoms with van der Waals surface area (Å²) in [6.07, 6.45) is 3.33. The van der Waals surface area contributed by atoms with Gasteiger partial charge >= 0.3 is 0 Å². The lowest BCUT2D eigenvalue weighted by Gasteiger charge is -2.32. The lowest BCUT2D eigenvalue weighted by molar-refractivity contribution is 0.191. The van der Waals surface area contributed by atoms with E-state index in [1.54, 1.807) is 7.11 Å². The summed E-state index contributed by atoms with van der Waals surface area (Å²) in [5, 5.41) is 0. The molecule has 2 atom stereocenters. The molecule has 0 amide bonds. The molecular weight excluding hydrogens is 236 g/mol. The molecule has 0 aliphatic rings. The maximum atomic E-state index is 6.28. The number of benzene rings is 1. The molecule has 3 heteroatoms. The highest BCUT2D eigenvalue weighted by atomic mass is 16.5. The highest BCUT2D eigenvalue weighted by Crippen LogP contribution is 2.16. The molecule has 0 fully saturated rings. The summed E-state index contributed by atoms with van der Waals surface area (Å²) >= 11 is 0. The number of nitrogens with two attached hydrogens (primary N) is 1. The van der Waals surface area contributed by atoms with Crippen LogP contribution in [0.5, 0.6) is 5.75 Å². The van der Waals surface area contributed by atoms with Crippen molar-refractivity contribution in [2.24, 2.45) is 5.73 Å². The van der Waals surface area contributed by atoms with Crippen molar-refractivity contribution < 1.29 is 4.74 Å². The Balaban J connectivity index is 2.62. The van der Waals surface area contributed by atoms with Gasteiger partial charge in [0, 0.05) is 18.6 Å². The molecule has 1 aromatic rings. The normalized spacial score (nSPS) is 14.4. The van der Waals surface area contributed by atoms with Crippen LogP contribution in [0.2, 0.25) is 0 Å². The van der Waals surface area contributed by atoms with Gasteiger partial charge in [-0.25, -0.2) is 0 Å². The Morgan fingerprint density at radius 3 is 2.32 bits per heavy atom. The Kier molecular flexibility index (Phi) is 6.89. The molecule has 2 N–H and O–H groups in total. The summed E-state index contributed by atoms with van der Waals surface area (Å²) in [4.78, 5) is 2.36. The Bertz CT molecular complexity index is 350. The third kappa shape index (κ3) is 4.84. The molecule has 0 saturated carbocycles. The molecule has 0 saturated heterocycles. The van der Waals surface area contributed by atoms with Crippen molar-refractivity contribution in [3.8, 4) is 5.75 Å². The molecule has 1 aromatic carbocycles. The number of methoxy groups -OCH3 is 1. The lowest BCUT2D eigenvalue weighted by atomic mass is 10.00. The fraction of sp³-hybridized carbons (Fsp3) is 0.625. The first kappa shape index (κ1) is 16.0. The number of ether oxygens (including phenoxy) is 1. The molecule has 0 spiro atoms. The maximum Gasteiger partial charge on any atom is 0.118 e. The number of hydrogen-bond donors (Lipinski definition) is 1. The van der Waals surface area contributed by atoms with E-state index in [0.29, 0.717) is 6.04 Å². The Hall–Kier alpha value is -1.06. The Morgan fingerprint density at radius 2 is 1.84 bits per heavy atom. The van der Waals surface area contributed by atoms with Gasteiger partial charge in [0.05, 0.1) is 7.11 Å². The predicted molar refractivity (Wildman–Crippen MR) is 81.4 cm³/mol. The van der Waals surface area contributed by atoms with E-state index < -0.39 is 0 Å². The van der Waals surface area contributed by atoms with E-state index in [1.165, 1.54) is 5.56 Å². The second-order valence-corrected chi connectivity index (χ2v) is 5.19. The fourth-order valence-corrected chi connectivity index (χ4v) is 2.60. The number of rotatable bonds is 8. The van der Waals surface area contributed by atoms with E-state index in [2.05, 4.69) is 37.9 Å². The zero-order chi connectivity index (χ0) is 14.3. The van der Waals surface area contributed by atoms with Crippen LogP contribution in [0.15, 0.2) is 24.3 Å². The van der Waals surface area contributed by atoms with Crippen LogP contribution in [0.3, 0.4) is 0 Å². The van der Waals surface area contributed by atoms with Crippen molar-refractivity contribution in [1.82, 2.24) is 4.90 Å². The molecule has 108 valence electrons. The third-order valence-electron chi connectivity index (χ3n) is 3.69. The molecule has 0 radical (unpaired) electrons. The first-order valence-electron chi connectivity index (χ1n) is 7.21. The Labute approximate surface area is 117 Å². The SMILES string of the molecule is CCCC(N)C(CC)N(C)Cc1ccc(OC)cc1. The van der Waals surface area contributed by atoms with Gasteiger partial charge in [0.1, 0.15) is 5.75 Å². The largest absolute Gasteiger partial charge is 0.497 e. The van der Waals surface area contributed by atoms with Crippen LogP contribution >= 0.6 is 0 Å². The predicted octanol–water partition coefficient (Wildman–Crippen LogP) is 3.03. The molecule has 0 bridgehead atoms. The fourth-order valence-electron chi connectivity index (χ4n) is 2.60. The monoisotopic (exact) mass is 264 g/mol. The summed E-state index contributed by atoms with van der Waals surface area (Å²) in [6, 6.07) is 8.97. The highest BCUT2D eigenvalue weighted by Gasteiger charge is 2.19. The van der Waals surface area contributed by atoms with Crippen molar-refractivity contribution in [1.29, 1.82) is 0 Å². The van der Waals surface area contributed by atoms with Crippen molar-refractivity contribution >= 4 is 0 Å². The molecule has 0 aromatic heterocycles.